The zero-order valence-corrected chi connectivity index (χ0v) is 12.3. The van der Waals surface area contributed by atoms with Gasteiger partial charge in [0, 0.05) is 6.61 Å². The standard InChI is InChI=1S/C14H19O4P/c1-3-17-13(15)12(14(19-16)18-4-2)10-11-8-6-5-7-9-11/h5-9,12,14H,3-4,10H2,1-2H3/p+1. The van der Waals surface area contributed by atoms with Crippen LogP contribution in [0.3, 0.4) is 0 Å². The molecular formula is C14H20O4P+. The van der Waals surface area contributed by atoms with Crippen LogP contribution < -0.4 is 0 Å². The first-order chi connectivity index (χ1) is 9.22. The van der Waals surface area contributed by atoms with Crippen molar-refractivity contribution in [2.45, 2.75) is 26.1 Å². The van der Waals surface area contributed by atoms with Gasteiger partial charge in [0.1, 0.15) is 5.92 Å². The minimum Gasteiger partial charge on any atom is -0.466 e. The molecule has 0 aliphatic heterocycles. The first-order valence-corrected chi connectivity index (χ1v) is 7.41. The molecule has 19 heavy (non-hydrogen) atoms. The average Bonchev–Trinajstić information content (AvgIpc) is 2.44. The van der Waals surface area contributed by atoms with Crippen LogP contribution in [-0.2, 0) is 25.3 Å². The second-order valence-corrected chi connectivity index (χ2v) is 4.85. The van der Waals surface area contributed by atoms with Gasteiger partial charge in [-0.2, -0.15) is 0 Å². The molecule has 1 aromatic rings. The SMILES string of the molecule is CCOC(=O)C(Cc1ccccc1)C(OCC)[PH+]=O. The van der Waals surface area contributed by atoms with Crippen LogP contribution in [0.5, 0.6) is 0 Å². The summed E-state index contributed by atoms with van der Waals surface area (Å²) in [5.41, 5.74) is 1.00. The number of rotatable bonds is 8. The van der Waals surface area contributed by atoms with Gasteiger partial charge in [0.2, 0.25) is 0 Å². The van der Waals surface area contributed by atoms with E-state index in [1.165, 1.54) is 0 Å². The third kappa shape index (κ3) is 5.09. The van der Waals surface area contributed by atoms with Crippen molar-refractivity contribution in [1.82, 2.24) is 0 Å². The third-order valence-electron chi connectivity index (χ3n) is 2.72. The van der Waals surface area contributed by atoms with Crippen LogP contribution >= 0.6 is 8.46 Å². The highest BCUT2D eigenvalue weighted by Gasteiger charge is 2.36. The van der Waals surface area contributed by atoms with Crippen molar-refractivity contribution in [3.63, 3.8) is 0 Å². The molecule has 0 spiro atoms. The maximum absolute atomic E-state index is 12.0. The lowest BCUT2D eigenvalue weighted by Gasteiger charge is -2.16. The number of benzene rings is 1. The molecule has 0 N–H and O–H groups in total. The van der Waals surface area contributed by atoms with Gasteiger partial charge in [-0.3, -0.25) is 4.79 Å². The lowest BCUT2D eigenvalue weighted by Crippen LogP contribution is -2.30. The van der Waals surface area contributed by atoms with Crippen LogP contribution in [-0.4, -0.2) is 25.0 Å². The molecule has 3 unspecified atom stereocenters. The van der Waals surface area contributed by atoms with Gasteiger partial charge in [0.05, 0.1) is 6.61 Å². The lowest BCUT2D eigenvalue weighted by molar-refractivity contribution is -0.151. The van der Waals surface area contributed by atoms with Crippen molar-refractivity contribution in [2.75, 3.05) is 13.2 Å². The van der Waals surface area contributed by atoms with E-state index in [0.29, 0.717) is 19.6 Å². The van der Waals surface area contributed by atoms with Gasteiger partial charge in [-0.15, -0.1) is 0 Å². The highest BCUT2D eigenvalue weighted by Crippen LogP contribution is 2.24. The summed E-state index contributed by atoms with van der Waals surface area (Å²) in [7, 11) is -0.688. The molecule has 0 aromatic heterocycles. The Morgan fingerprint density at radius 1 is 1.21 bits per heavy atom. The molecule has 1 rings (SSSR count). The first kappa shape index (κ1) is 15.8. The van der Waals surface area contributed by atoms with E-state index in [9.17, 15) is 9.36 Å². The summed E-state index contributed by atoms with van der Waals surface area (Å²) in [4.78, 5) is 12.0. The van der Waals surface area contributed by atoms with E-state index in [2.05, 4.69) is 0 Å². The highest BCUT2D eigenvalue weighted by molar-refractivity contribution is 7.24. The maximum Gasteiger partial charge on any atom is 0.357 e. The molecule has 0 fully saturated rings. The van der Waals surface area contributed by atoms with E-state index in [4.69, 9.17) is 9.47 Å². The van der Waals surface area contributed by atoms with Crippen molar-refractivity contribution in [2.24, 2.45) is 5.92 Å². The summed E-state index contributed by atoms with van der Waals surface area (Å²) < 4.78 is 21.7. The zero-order valence-electron chi connectivity index (χ0n) is 11.3. The Morgan fingerprint density at radius 3 is 2.42 bits per heavy atom. The van der Waals surface area contributed by atoms with Crippen LogP contribution in [0.1, 0.15) is 19.4 Å². The summed E-state index contributed by atoms with van der Waals surface area (Å²) in [5.74, 6) is -1.49. The molecule has 104 valence electrons. The minimum absolute atomic E-state index is 0.310. The van der Waals surface area contributed by atoms with Gasteiger partial charge < -0.3 is 9.47 Å². The molecule has 0 bridgehead atoms. The molecule has 0 saturated carbocycles. The topological polar surface area (TPSA) is 52.6 Å². The second kappa shape index (κ2) is 8.78. The molecule has 3 atom stereocenters. The van der Waals surface area contributed by atoms with E-state index in [1.54, 1.807) is 6.92 Å². The Labute approximate surface area is 115 Å². The van der Waals surface area contributed by atoms with Gasteiger partial charge in [0.25, 0.3) is 5.85 Å². The number of hydrogen-bond donors (Lipinski definition) is 0. The van der Waals surface area contributed by atoms with Crippen molar-refractivity contribution in [3.05, 3.63) is 35.9 Å². The normalized spacial score (nSPS) is 14.0. The summed E-state index contributed by atoms with van der Waals surface area (Å²) in [5, 5.41) is 0. The molecule has 0 aliphatic carbocycles. The number of carbonyl (C=O) groups excluding carboxylic acids is 1. The van der Waals surface area contributed by atoms with Crippen molar-refractivity contribution in [1.29, 1.82) is 0 Å². The Morgan fingerprint density at radius 2 is 1.89 bits per heavy atom. The van der Waals surface area contributed by atoms with Crippen molar-refractivity contribution < 1.29 is 18.8 Å². The van der Waals surface area contributed by atoms with Gasteiger partial charge in [0.15, 0.2) is 0 Å². The molecule has 1 aromatic carbocycles. The van der Waals surface area contributed by atoms with Crippen LogP contribution in [0.4, 0.5) is 0 Å². The largest absolute Gasteiger partial charge is 0.466 e. The number of ether oxygens (including phenoxy) is 2. The summed E-state index contributed by atoms with van der Waals surface area (Å²) >= 11 is 0. The van der Waals surface area contributed by atoms with Crippen molar-refractivity contribution >= 4 is 14.4 Å². The van der Waals surface area contributed by atoms with Crippen molar-refractivity contribution in [3.8, 4) is 0 Å². The van der Waals surface area contributed by atoms with Crippen LogP contribution in [0.15, 0.2) is 30.3 Å². The zero-order chi connectivity index (χ0) is 14.1. The van der Waals surface area contributed by atoms with Crippen LogP contribution in [0.2, 0.25) is 0 Å². The monoisotopic (exact) mass is 283 g/mol. The Hall–Kier alpha value is -1.25. The molecule has 0 heterocycles. The fraction of sp³-hybridized carbons (Fsp3) is 0.500. The van der Waals surface area contributed by atoms with Crippen LogP contribution in [0.25, 0.3) is 0 Å². The third-order valence-corrected chi connectivity index (χ3v) is 3.52. The lowest BCUT2D eigenvalue weighted by atomic mass is 10.00. The van der Waals surface area contributed by atoms with E-state index < -0.39 is 20.2 Å². The first-order valence-electron chi connectivity index (χ1n) is 6.42. The predicted molar refractivity (Wildman–Crippen MR) is 74.7 cm³/mol. The Kier molecular flexibility index (Phi) is 7.31. The number of hydrogen-bond acceptors (Lipinski definition) is 4. The van der Waals surface area contributed by atoms with Gasteiger partial charge in [-0.05, 0) is 25.8 Å². The number of carbonyl (C=O) groups is 1. The fourth-order valence-electron chi connectivity index (χ4n) is 1.84. The molecule has 4 nitrogen and oxygen atoms in total. The molecular weight excluding hydrogens is 263 g/mol. The Bertz CT molecular complexity index is 394. The second-order valence-electron chi connectivity index (χ2n) is 4.04. The Balaban J connectivity index is 2.84. The fourth-order valence-corrected chi connectivity index (χ4v) is 2.50. The molecule has 0 saturated heterocycles. The molecule has 0 aliphatic rings. The number of esters is 1. The molecule has 0 radical (unpaired) electrons. The smallest absolute Gasteiger partial charge is 0.357 e. The molecule has 0 amide bonds. The van der Waals surface area contributed by atoms with E-state index in [1.807, 2.05) is 37.3 Å². The predicted octanol–water partition coefficient (Wildman–Crippen LogP) is 2.80. The van der Waals surface area contributed by atoms with Gasteiger partial charge >= 0.3 is 14.4 Å². The van der Waals surface area contributed by atoms with Gasteiger partial charge in [-0.25, -0.2) is 0 Å². The summed E-state index contributed by atoms with van der Waals surface area (Å²) in [6, 6.07) is 9.60. The summed E-state index contributed by atoms with van der Waals surface area (Å²) in [6.07, 6.45) is 0.472. The average molecular weight is 283 g/mol. The highest BCUT2D eigenvalue weighted by atomic mass is 31.1. The quantitative estimate of drug-likeness (QED) is 0.544. The maximum atomic E-state index is 12.0. The van der Waals surface area contributed by atoms with E-state index in [-0.39, 0.29) is 5.97 Å². The molecule has 5 heteroatoms. The minimum atomic E-state index is -0.688. The van der Waals surface area contributed by atoms with E-state index >= 15 is 0 Å². The van der Waals surface area contributed by atoms with Crippen LogP contribution in [0, 0.1) is 5.92 Å². The van der Waals surface area contributed by atoms with Gasteiger partial charge in [-0.1, -0.05) is 34.9 Å². The summed E-state index contributed by atoms with van der Waals surface area (Å²) in [6.45, 7) is 4.31. The van der Waals surface area contributed by atoms with E-state index in [0.717, 1.165) is 5.56 Å².